The van der Waals surface area contributed by atoms with Crippen molar-refractivity contribution in [2.45, 2.75) is 59.0 Å². The number of pyridine rings is 1. The first-order valence-corrected chi connectivity index (χ1v) is 10.5. The van der Waals surface area contributed by atoms with Gasteiger partial charge in [0.25, 0.3) is 5.91 Å². The summed E-state index contributed by atoms with van der Waals surface area (Å²) in [5, 5.41) is 17.3. The smallest absolute Gasteiger partial charge is 0.272 e. The Hall–Kier alpha value is -2.08. The van der Waals surface area contributed by atoms with Crippen molar-refractivity contribution >= 4 is 17.3 Å². The van der Waals surface area contributed by atoms with Crippen LogP contribution in [0.1, 0.15) is 69.4 Å². The van der Waals surface area contributed by atoms with Gasteiger partial charge in [-0.1, -0.05) is 33.3 Å². The summed E-state index contributed by atoms with van der Waals surface area (Å²) in [6.07, 6.45) is 7.21. The molecule has 3 N–H and O–H groups in total. The zero-order valence-corrected chi connectivity index (χ0v) is 18.0. The van der Waals surface area contributed by atoms with E-state index in [1.54, 1.807) is 11.1 Å². The Kier molecular flexibility index (Phi) is 7.87. The summed E-state index contributed by atoms with van der Waals surface area (Å²) in [5.41, 5.74) is 2.68. The third-order valence-electron chi connectivity index (χ3n) is 5.68. The highest BCUT2D eigenvalue weighted by Crippen LogP contribution is 2.30. The van der Waals surface area contributed by atoms with Crippen molar-refractivity contribution in [2.24, 2.45) is 5.92 Å². The van der Waals surface area contributed by atoms with Gasteiger partial charge in [0, 0.05) is 49.8 Å². The van der Waals surface area contributed by atoms with Crippen LogP contribution in [0.5, 0.6) is 0 Å². The van der Waals surface area contributed by atoms with E-state index in [0.29, 0.717) is 31.6 Å². The van der Waals surface area contributed by atoms with Crippen LogP contribution in [0, 0.1) is 5.92 Å². The Balaban J connectivity index is 2.22. The molecular formula is C22H36N4O2. The van der Waals surface area contributed by atoms with Crippen molar-refractivity contribution in [3.8, 4) is 0 Å². The number of nitrogens with zero attached hydrogens (tertiary/aromatic N) is 2. The lowest BCUT2D eigenvalue weighted by atomic mass is 9.81. The van der Waals surface area contributed by atoms with Gasteiger partial charge in [-0.3, -0.25) is 9.78 Å². The topological polar surface area (TPSA) is 77.5 Å². The molecule has 1 amide bonds. The van der Waals surface area contributed by atoms with Crippen LogP contribution in [0.25, 0.3) is 5.70 Å². The van der Waals surface area contributed by atoms with Gasteiger partial charge in [0.15, 0.2) is 0 Å². The lowest BCUT2D eigenvalue weighted by Gasteiger charge is -2.40. The first kappa shape index (κ1) is 22.2. The number of piperidine rings is 1. The van der Waals surface area contributed by atoms with Crippen LogP contribution in [0.3, 0.4) is 0 Å². The highest BCUT2D eigenvalue weighted by Gasteiger charge is 2.36. The monoisotopic (exact) mass is 388 g/mol. The van der Waals surface area contributed by atoms with Gasteiger partial charge in [-0.2, -0.15) is 0 Å². The van der Waals surface area contributed by atoms with E-state index in [4.69, 9.17) is 0 Å². The van der Waals surface area contributed by atoms with Crippen LogP contribution < -0.4 is 10.6 Å². The molecule has 0 aliphatic carbocycles. The van der Waals surface area contributed by atoms with E-state index < -0.39 is 5.60 Å². The number of carbonyl (C=O) groups is 1. The fraction of sp³-hybridized carbons (Fsp3) is 0.636. The molecule has 2 heterocycles. The summed E-state index contributed by atoms with van der Waals surface area (Å²) in [7, 11) is 1.90. The number of aromatic nitrogens is 1. The van der Waals surface area contributed by atoms with E-state index in [1.165, 1.54) is 0 Å². The molecule has 156 valence electrons. The summed E-state index contributed by atoms with van der Waals surface area (Å²) in [4.78, 5) is 19.3. The largest absolute Gasteiger partial charge is 0.389 e. The molecule has 6 nitrogen and oxygen atoms in total. The molecule has 1 aliphatic heterocycles. The lowest BCUT2D eigenvalue weighted by molar-refractivity contribution is -0.0512. The molecule has 0 atom stereocenters. The van der Waals surface area contributed by atoms with Crippen molar-refractivity contribution in [1.29, 1.82) is 0 Å². The predicted octanol–water partition coefficient (Wildman–Crippen LogP) is 3.50. The molecule has 0 spiro atoms. The van der Waals surface area contributed by atoms with Gasteiger partial charge < -0.3 is 20.6 Å². The van der Waals surface area contributed by atoms with Crippen LogP contribution in [0.2, 0.25) is 0 Å². The van der Waals surface area contributed by atoms with E-state index in [-0.39, 0.29) is 11.8 Å². The van der Waals surface area contributed by atoms with Gasteiger partial charge in [-0.05, 0) is 38.2 Å². The highest BCUT2D eigenvalue weighted by atomic mass is 16.3. The number of allylic oxidation sites excluding steroid dienone is 1. The zero-order valence-electron chi connectivity index (χ0n) is 18.0. The van der Waals surface area contributed by atoms with Crippen molar-refractivity contribution in [3.05, 3.63) is 29.6 Å². The minimum atomic E-state index is -0.672. The SMILES string of the molecule is CCC/C=C(/NC)c1cnc(C(=O)N2CCC(O)(C(C)C)CC2)cc1NCC. The number of hydrogen-bond donors (Lipinski definition) is 3. The zero-order chi connectivity index (χ0) is 20.7. The van der Waals surface area contributed by atoms with Gasteiger partial charge in [0.1, 0.15) is 5.69 Å². The molecular weight excluding hydrogens is 352 g/mol. The number of unbranched alkanes of at least 4 members (excludes halogenated alkanes) is 1. The van der Waals surface area contributed by atoms with Gasteiger partial charge in [0.2, 0.25) is 0 Å². The van der Waals surface area contributed by atoms with Crippen LogP contribution in [0.15, 0.2) is 18.3 Å². The van der Waals surface area contributed by atoms with Crippen molar-refractivity contribution in [3.63, 3.8) is 0 Å². The highest BCUT2D eigenvalue weighted by molar-refractivity contribution is 5.94. The molecule has 1 aliphatic rings. The Morgan fingerprint density at radius 1 is 1.36 bits per heavy atom. The maximum Gasteiger partial charge on any atom is 0.272 e. The molecule has 1 saturated heterocycles. The van der Waals surface area contributed by atoms with Gasteiger partial charge >= 0.3 is 0 Å². The molecule has 1 aromatic rings. The molecule has 1 aromatic heterocycles. The second kappa shape index (κ2) is 9.92. The van der Waals surface area contributed by atoms with E-state index in [0.717, 1.165) is 36.3 Å². The van der Waals surface area contributed by atoms with Crippen molar-refractivity contribution in [2.75, 3.05) is 32.0 Å². The van der Waals surface area contributed by atoms with Crippen molar-refractivity contribution in [1.82, 2.24) is 15.2 Å². The quantitative estimate of drug-likeness (QED) is 0.635. The molecule has 0 saturated carbocycles. The molecule has 0 aromatic carbocycles. The normalized spacial score (nSPS) is 17.0. The fourth-order valence-electron chi connectivity index (χ4n) is 3.60. The van der Waals surface area contributed by atoms with Gasteiger partial charge in [0.05, 0.1) is 5.60 Å². The molecule has 0 radical (unpaired) electrons. The second-order valence-electron chi connectivity index (χ2n) is 7.85. The minimum absolute atomic E-state index is 0.0694. The first-order valence-electron chi connectivity index (χ1n) is 10.5. The van der Waals surface area contributed by atoms with Crippen LogP contribution >= 0.6 is 0 Å². The van der Waals surface area contributed by atoms with Crippen LogP contribution in [-0.4, -0.2) is 53.2 Å². The molecule has 2 rings (SSSR count). The average Bonchev–Trinajstić information content (AvgIpc) is 2.69. The average molecular weight is 389 g/mol. The summed E-state index contributed by atoms with van der Waals surface area (Å²) in [5.74, 6) is 0.123. The van der Waals surface area contributed by atoms with Crippen molar-refractivity contribution < 1.29 is 9.90 Å². The summed E-state index contributed by atoms with van der Waals surface area (Å²) >= 11 is 0. The molecule has 1 fully saturated rings. The maximum atomic E-state index is 13.0. The van der Waals surface area contributed by atoms with E-state index in [9.17, 15) is 9.90 Å². The number of anilines is 1. The Morgan fingerprint density at radius 2 is 2.04 bits per heavy atom. The van der Waals surface area contributed by atoms with E-state index >= 15 is 0 Å². The number of amides is 1. The molecule has 0 bridgehead atoms. The summed E-state index contributed by atoms with van der Waals surface area (Å²) in [6.45, 7) is 10.1. The number of rotatable bonds is 8. The lowest BCUT2D eigenvalue weighted by Crippen LogP contribution is -2.49. The Bertz CT molecular complexity index is 692. The number of carbonyl (C=O) groups excluding carboxylic acids is 1. The molecule has 0 unspecified atom stereocenters. The van der Waals surface area contributed by atoms with Gasteiger partial charge in [-0.25, -0.2) is 0 Å². The predicted molar refractivity (Wildman–Crippen MR) is 115 cm³/mol. The fourth-order valence-corrected chi connectivity index (χ4v) is 3.60. The van der Waals surface area contributed by atoms with E-state index in [2.05, 4.69) is 28.6 Å². The van der Waals surface area contributed by atoms with E-state index in [1.807, 2.05) is 33.9 Å². The molecule has 28 heavy (non-hydrogen) atoms. The number of aliphatic hydroxyl groups is 1. The van der Waals surface area contributed by atoms with Gasteiger partial charge in [-0.15, -0.1) is 0 Å². The number of hydrogen-bond acceptors (Lipinski definition) is 5. The summed E-state index contributed by atoms with van der Waals surface area (Å²) < 4.78 is 0. The summed E-state index contributed by atoms with van der Waals surface area (Å²) in [6, 6.07) is 1.85. The third kappa shape index (κ3) is 5.04. The first-order chi connectivity index (χ1) is 13.4. The second-order valence-corrected chi connectivity index (χ2v) is 7.85. The Labute approximate surface area is 169 Å². The third-order valence-corrected chi connectivity index (χ3v) is 5.68. The Morgan fingerprint density at radius 3 is 2.57 bits per heavy atom. The molecule has 6 heteroatoms. The number of likely N-dealkylation sites (tertiary alicyclic amines) is 1. The maximum absolute atomic E-state index is 13.0. The standard InChI is InChI=1S/C22H36N4O2/c1-6-8-9-18(23-5)17-15-25-20(14-19(17)24-7-2)21(27)26-12-10-22(28,11-13-26)16(3)4/h9,14-16,23,28H,6-8,10-13H2,1-5H3,(H,24,25)/b18-9+. The number of nitrogens with one attached hydrogen (secondary N) is 2. The minimum Gasteiger partial charge on any atom is -0.389 e. The van der Waals surface area contributed by atoms with Crippen LogP contribution in [-0.2, 0) is 0 Å². The van der Waals surface area contributed by atoms with Crippen LogP contribution in [0.4, 0.5) is 5.69 Å².